The Labute approximate surface area is 630 Å². The number of hydrogen-bond donors (Lipinski definition) is 3. The van der Waals surface area contributed by atoms with Crippen molar-refractivity contribution in [1.82, 2.24) is 0 Å². The second kappa shape index (κ2) is 76.1. The summed E-state index contributed by atoms with van der Waals surface area (Å²) >= 11 is 0. The van der Waals surface area contributed by atoms with Crippen LogP contribution in [0.1, 0.15) is 310 Å². The van der Waals surface area contributed by atoms with Gasteiger partial charge in [0.25, 0.3) is 0 Å². The molecule has 0 spiro atoms. The van der Waals surface area contributed by atoms with E-state index in [4.69, 9.17) is 37.0 Å². The minimum Gasteiger partial charge on any atom is -0.462 e. The second-order valence-corrected chi connectivity index (χ2v) is 29.1. The molecule has 0 saturated carbocycles. The van der Waals surface area contributed by atoms with Crippen LogP contribution in [-0.4, -0.2) is 96.7 Å². The fraction of sp³-hybridized carbons (Fsp3) is 0.671. The average Bonchev–Trinajstić information content (AvgIpc) is 0.913. The molecule has 17 nitrogen and oxygen atoms in total. The monoisotopic (exact) mass is 1500 g/mol. The van der Waals surface area contributed by atoms with E-state index < -0.39 is 97.5 Å². The smallest absolute Gasteiger partial charge is 0.462 e. The predicted molar refractivity (Wildman–Crippen MR) is 427 cm³/mol. The Hall–Kier alpha value is -5.06. The van der Waals surface area contributed by atoms with Gasteiger partial charge in [0.2, 0.25) is 0 Å². The standard InChI is InChI=1S/C85H142O17P2/c1-5-9-13-17-21-25-29-33-35-37-39-41-43-47-49-53-57-61-65-69-82(87)95-75-80(101-84(89)71-67-63-59-55-51-45-31-27-23-19-15-11-7-3)77-99-103(91,92)97-73-79(86)74-98-104(93,94)100-78-81(102-85(90)72-68-64-60-56-52-46-32-28-24-20-16-12-8-4)76-96-83(88)70-66-62-58-54-50-48-44-42-40-38-36-34-30-26-22-18-14-10-6-2/h9-10,13-14,21-22,25-28,31-36,39-42,47,49,57,61,79-81,86H,5-8,11-12,15-20,23-24,29-30,37-38,43-46,48,50-56,58-60,62-78H2,1-4H3,(H,91,92)(H,93,94)/b13-9-,14-10-,25-21-,26-22-,31-27-,32-28-,35-33-,36-34-,41-39-,42-40-,49-47-,61-57-. The van der Waals surface area contributed by atoms with E-state index in [1.807, 2.05) is 18.2 Å². The Balaban J connectivity index is 5.41. The van der Waals surface area contributed by atoms with Crippen molar-refractivity contribution in [2.24, 2.45) is 0 Å². The van der Waals surface area contributed by atoms with Gasteiger partial charge in [-0.05, 0) is 154 Å². The maximum Gasteiger partial charge on any atom is 0.472 e. The van der Waals surface area contributed by atoms with E-state index >= 15 is 0 Å². The molecule has 104 heavy (non-hydrogen) atoms. The number of rotatable bonds is 74. The molecule has 5 unspecified atom stereocenters. The number of aliphatic hydroxyl groups excluding tert-OH is 1. The van der Waals surface area contributed by atoms with Crippen LogP contribution in [0.4, 0.5) is 0 Å². The molecule has 19 heteroatoms. The lowest BCUT2D eigenvalue weighted by Crippen LogP contribution is -2.30. The quantitative estimate of drug-likeness (QED) is 0.0169. The molecule has 0 fully saturated rings. The SMILES string of the molecule is CC/C=C\C/C=C\C/C=C\C/C=C\C/C=C\C/C=C\CCC(=O)OCC(COP(=O)(O)OCC(O)COP(=O)(O)OCC(COC(=O)CCCCCCCC/C=C\C/C=C\C/C=C\C/C=C\CC)OC(=O)CCCCCCC/C=C\CCCCCC)OC(=O)CCCCCCC/C=C\CCCCCC. The molecule has 0 saturated heterocycles. The van der Waals surface area contributed by atoms with Crippen LogP contribution in [0.2, 0.25) is 0 Å². The summed E-state index contributed by atoms with van der Waals surface area (Å²) < 4.78 is 68.5. The van der Waals surface area contributed by atoms with E-state index in [-0.39, 0.29) is 25.7 Å². The minimum absolute atomic E-state index is 0.0314. The number of esters is 4. The van der Waals surface area contributed by atoms with Crippen LogP contribution in [0, 0.1) is 0 Å². The van der Waals surface area contributed by atoms with E-state index in [0.29, 0.717) is 32.1 Å². The lowest BCUT2D eigenvalue weighted by Gasteiger charge is -2.21. The lowest BCUT2D eigenvalue weighted by molar-refractivity contribution is -0.161. The summed E-state index contributed by atoms with van der Waals surface area (Å²) in [5.41, 5.74) is 0. The summed E-state index contributed by atoms with van der Waals surface area (Å²) in [4.78, 5) is 73.0. The van der Waals surface area contributed by atoms with E-state index in [2.05, 4.69) is 155 Å². The summed E-state index contributed by atoms with van der Waals surface area (Å²) in [6.07, 6.45) is 87.0. The number of aliphatic hydroxyl groups is 1. The highest BCUT2D eigenvalue weighted by Crippen LogP contribution is 2.45. The molecule has 0 aromatic rings. The lowest BCUT2D eigenvalue weighted by atomic mass is 10.1. The van der Waals surface area contributed by atoms with Gasteiger partial charge in [-0.1, -0.05) is 276 Å². The third kappa shape index (κ3) is 75.2. The first-order chi connectivity index (χ1) is 50.7. The molecule has 3 N–H and O–H groups in total. The van der Waals surface area contributed by atoms with Crippen molar-refractivity contribution in [2.75, 3.05) is 39.6 Å². The molecule has 0 aliphatic carbocycles. The van der Waals surface area contributed by atoms with Gasteiger partial charge < -0.3 is 33.8 Å². The Bertz CT molecular complexity index is 2540. The van der Waals surface area contributed by atoms with Crippen molar-refractivity contribution in [3.8, 4) is 0 Å². The first-order valence-electron chi connectivity index (χ1n) is 40.1. The van der Waals surface area contributed by atoms with Crippen LogP contribution in [0.3, 0.4) is 0 Å². The van der Waals surface area contributed by atoms with Crippen LogP contribution >= 0.6 is 15.6 Å². The Kier molecular flexibility index (Phi) is 72.4. The van der Waals surface area contributed by atoms with Gasteiger partial charge in [-0.15, -0.1) is 0 Å². The molecular weight excluding hydrogens is 1350 g/mol. The molecule has 0 aromatic carbocycles. The summed E-state index contributed by atoms with van der Waals surface area (Å²) in [7, 11) is -9.99. The number of carbonyl (C=O) groups excluding carboxylic acids is 4. The fourth-order valence-corrected chi connectivity index (χ4v) is 11.8. The third-order valence-electron chi connectivity index (χ3n) is 16.3. The molecule has 0 rings (SSSR count). The van der Waals surface area contributed by atoms with Gasteiger partial charge in [0.05, 0.1) is 26.4 Å². The van der Waals surface area contributed by atoms with Crippen molar-refractivity contribution < 1.29 is 80.2 Å². The number of phosphoric acid groups is 2. The molecule has 594 valence electrons. The van der Waals surface area contributed by atoms with Crippen molar-refractivity contribution in [1.29, 1.82) is 0 Å². The fourth-order valence-electron chi connectivity index (χ4n) is 10.2. The van der Waals surface area contributed by atoms with Crippen molar-refractivity contribution in [3.63, 3.8) is 0 Å². The van der Waals surface area contributed by atoms with Gasteiger partial charge in [0.15, 0.2) is 12.2 Å². The number of unbranched alkanes of at least 4 members (excludes halogenated alkanes) is 24. The van der Waals surface area contributed by atoms with E-state index in [1.165, 1.54) is 51.4 Å². The van der Waals surface area contributed by atoms with Gasteiger partial charge in [-0.2, -0.15) is 0 Å². The number of carbonyl (C=O) groups is 4. The van der Waals surface area contributed by atoms with Gasteiger partial charge in [0.1, 0.15) is 19.3 Å². The summed E-state index contributed by atoms with van der Waals surface area (Å²) in [6.45, 7) is 4.50. The molecule has 0 aliphatic rings. The highest BCUT2D eigenvalue weighted by Gasteiger charge is 2.30. The summed E-state index contributed by atoms with van der Waals surface area (Å²) in [5, 5.41) is 10.6. The zero-order chi connectivity index (χ0) is 76.0. The van der Waals surface area contributed by atoms with Gasteiger partial charge in [-0.25, -0.2) is 9.13 Å². The van der Waals surface area contributed by atoms with E-state index in [0.717, 1.165) is 173 Å². The number of allylic oxidation sites excluding steroid dienone is 24. The molecule has 0 amide bonds. The number of hydrogen-bond acceptors (Lipinski definition) is 15. The normalized spacial score (nSPS) is 14.6. The zero-order valence-corrected chi connectivity index (χ0v) is 66.7. The average molecular weight is 1500 g/mol. The summed E-state index contributed by atoms with van der Waals surface area (Å²) in [6, 6.07) is 0. The van der Waals surface area contributed by atoms with Crippen LogP contribution in [0.5, 0.6) is 0 Å². The maximum absolute atomic E-state index is 13.1. The Morgan fingerprint density at radius 3 is 0.837 bits per heavy atom. The topological polar surface area (TPSA) is 237 Å². The van der Waals surface area contributed by atoms with Crippen LogP contribution < -0.4 is 0 Å². The van der Waals surface area contributed by atoms with Crippen LogP contribution in [0.15, 0.2) is 146 Å². The zero-order valence-electron chi connectivity index (χ0n) is 64.9. The molecule has 0 heterocycles. The van der Waals surface area contributed by atoms with Gasteiger partial charge in [0, 0.05) is 25.7 Å². The summed E-state index contributed by atoms with van der Waals surface area (Å²) in [5.74, 6) is -2.31. The largest absolute Gasteiger partial charge is 0.472 e. The molecule has 0 aromatic heterocycles. The second-order valence-electron chi connectivity index (χ2n) is 26.2. The van der Waals surface area contributed by atoms with E-state index in [9.17, 15) is 43.2 Å². The van der Waals surface area contributed by atoms with Crippen molar-refractivity contribution >= 4 is 39.5 Å². The number of phosphoric ester groups is 2. The Morgan fingerprint density at radius 2 is 0.519 bits per heavy atom. The molecular formula is C85H142O17P2. The first-order valence-corrected chi connectivity index (χ1v) is 43.1. The highest BCUT2D eigenvalue weighted by atomic mass is 31.2. The maximum atomic E-state index is 13.1. The van der Waals surface area contributed by atoms with Gasteiger partial charge in [-0.3, -0.25) is 37.3 Å². The predicted octanol–water partition coefficient (Wildman–Crippen LogP) is 23.4. The molecule has 0 radical (unpaired) electrons. The highest BCUT2D eigenvalue weighted by molar-refractivity contribution is 7.47. The van der Waals surface area contributed by atoms with Crippen molar-refractivity contribution in [2.45, 2.75) is 329 Å². The Morgan fingerprint density at radius 1 is 0.279 bits per heavy atom. The minimum atomic E-state index is -5.00. The molecule has 0 bridgehead atoms. The first kappa shape index (κ1) is 98.9. The van der Waals surface area contributed by atoms with Crippen molar-refractivity contribution in [3.05, 3.63) is 146 Å². The molecule has 0 aliphatic heterocycles. The molecule has 5 atom stereocenters. The van der Waals surface area contributed by atoms with Gasteiger partial charge >= 0.3 is 39.5 Å². The van der Waals surface area contributed by atoms with Crippen LogP contribution in [0.25, 0.3) is 0 Å². The van der Waals surface area contributed by atoms with Crippen LogP contribution in [-0.2, 0) is 65.4 Å². The van der Waals surface area contributed by atoms with E-state index in [1.54, 1.807) is 0 Å². The number of ether oxygens (including phenoxy) is 4. The third-order valence-corrected chi connectivity index (χ3v) is 18.2.